The minimum Gasteiger partial charge on any atom is -0.334 e. The van der Waals surface area contributed by atoms with Crippen LogP contribution in [0.3, 0.4) is 0 Å². The van der Waals surface area contributed by atoms with Crippen molar-refractivity contribution in [1.82, 2.24) is 10.1 Å². The van der Waals surface area contributed by atoms with Gasteiger partial charge in [0.1, 0.15) is 5.78 Å². The van der Waals surface area contributed by atoms with Gasteiger partial charge in [-0.25, -0.2) is 0 Å². The van der Waals surface area contributed by atoms with Crippen molar-refractivity contribution in [2.45, 2.75) is 13.3 Å². The second kappa shape index (κ2) is 4.57. The summed E-state index contributed by atoms with van der Waals surface area (Å²) in [5, 5.41) is 3.75. The normalized spacial score (nSPS) is 10.4. The number of aromatic nitrogens is 2. The Balaban J connectivity index is 2.32. The molecule has 0 atom stereocenters. The number of carbonyl (C=O) groups excluding carboxylic acids is 1. The van der Waals surface area contributed by atoms with Gasteiger partial charge in [-0.2, -0.15) is 4.98 Å². The maximum atomic E-state index is 10.9. The standard InChI is InChI=1S/C11H9BrN2O2/c1-7(15)6-10-13-11(16-14-10)8-4-2-3-5-9(8)12/h2-5H,6H2,1H3. The molecule has 16 heavy (non-hydrogen) atoms. The van der Waals surface area contributed by atoms with Gasteiger partial charge in [0.15, 0.2) is 5.82 Å². The maximum Gasteiger partial charge on any atom is 0.259 e. The van der Waals surface area contributed by atoms with Crippen LogP contribution < -0.4 is 0 Å². The van der Waals surface area contributed by atoms with Crippen LogP contribution in [0.25, 0.3) is 11.5 Å². The number of Topliss-reactive ketones (excluding diaryl/α,β-unsaturated/α-hetero) is 1. The zero-order valence-electron chi connectivity index (χ0n) is 8.61. The molecule has 82 valence electrons. The van der Waals surface area contributed by atoms with Crippen LogP contribution in [0, 0.1) is 0 Å². The first-order chi connectivity index (χ1) is 7.66. The summed E-state index contributed by atoms with van der Waals surface area (Å²) >= 11 is 3.40. The first-order valence-electron chi connectivity index (χ1n) is 4.74. The van der Waals surface area contributed by atoms with E-state index in [-0.39, 0.29) is 12.2 Å². The predicted octanol–water partition coefficient (Wildman–Crippen LogP) is 2.63. The monoisotopic (exact) mass is 280 g/mol. The third-order valence-electron chi connectivity index (χ3n) is 1.98. The molecule has 5 heteroatoms. The molecule has 0 N–H and O–H groups in total. The van der Waals surface area contributed by atoms with Crippen molar-refractivity contribution in [1.29, 1.82) is 0 Å². The van der Waals surface area contributed by atoms with E-state index in [1.807, 2.05) is 24.3 Å². The number of carbonyl (C=O) groups is 1. The number of hydrogen-bond donors (Lipinski definition) is 0. The molecule has 1 aromatic carbocycles. The Labute approximate surface area is 101 Å². The lowest BCUT2D eigenvalue weighted by molar-refractivity contribution is -0.116. The number of benzene rings is 1. The van der Waals surface area contributed by atoms with Crippen LogP contribution in [-0.4, -0.2) is 15.9 Å². The summed E-state index contributed by atoms with van der Waals surface area (Å²) in [5.74, 6) is 0.849. The highest BCUT2D eigenvalue weighted by molar-refractivity contribution is 9.10. The lowest BCUT2D eigenvalue weighted by atomic mass is 10.2. The first kappa shape index (κ1) is 11.0. The molecule has 0 aliphatic rings. The Morgan fingerprint density at radius 3 is 2.88 bits per heavy atom. The van der Waals surface area contributed by atoms with Crippen molar-refractivity contribution in [3.05, 3.63) is 34.6 Å². The summed E-state index contributed by atoms with van der Waals surface area (Å²) in [6.45, 7) is 1.49. The van der Waals surface area contributed by atoms with Gasteiger partial charge in [-0.05, 0) is 35.0 Å². The highest BCUT2D eigenvalue weighted by atomic mass is 79.9. The second-order valence-electron chi connectivity index (χ2n) is 3.37. The molecule has 1 aromatic heterocycles. The Morgan fingerprint density at radius 1 is 1.44 bits per heavy atom. The van der Waals surface area contributed by atoms with Crippen molar-refractivity contribution in [3.8, 4) is 11.5 Å². The molecule has 0 aliphatic carbocycles. The highest BCUT2D eigenvalue weighted by Crippen LogP contribution is 2.26. The van der Waals surface area contributed by atoms with E-state index < -0.39 is 0 Å². The Kier molecular flexibility index (Phi) is 3.14. The van der Waals surface area contributed by atoms with E-state index >= 15 is 0 Å². The topological polar surface area (TPSA) is 56.0 Å². The van der Waals surface area contributed by atoms with Crippen LogP contribution in [0.5, 0.6) is 0 Å². The molecule has 2 aromatic rings. The fraction of sp³-hybridized carbons (Fsp3) is 0.182. The summed E-state index contributed by atoms with van der Waals surface area (Å²) in [7, 11) is 0. The molecule has 0 spiro atoms. The zero-order chi connectivity index (χ0) is 11.5. The van der Waals surface area contributed by atoms with Gasteiger partial charge in [-0.3, -0.25) is 4.79 Å². The van der Waals surface area contributed by atoms with Crippen LogP contribution in [0.2, 0.25) is 0 Å². The molecule has 2 rings (SSSR count). The second-order valence-corrected chi connectivity index (χ2v) is 4.23. The van der Waals surface area contributed by atoms with Crippen molar-refractivity contribution in [2.24, 2.45) is 0 Å². The smallest absolute Gasteiger partial charge is 0.259 e. The maximum absolute atomic E-state index is 10.9. The molecule has 4 nitrogen and oxygen atoms in total. The molecule has 0 amide bonds. The third-order valence-corrected chi connectivity index (χ3v) is 2.67. The summed E-state index contributed by atoms with van der Waals surface area (Å²) in [6, 6.07) is 7.55. The summed E-state index contributed by atoms with van der Waals surface area (Å²) in [4.78, 5) is 15.0. The Hall–Kier alpha value is -1.49. The molecule has 0 aliphatic heterocycles. The molecular formula is C11H9BrN2O2. The zero-order valence-corrected chi connectivity index (χ0v) is 10.2. The first-order valence-corrected chi connectivity index (χ1v) is 5.53. The van der Waals surface area contributed by atoms with Gasteiger partial charge in [0, 0.05) is 4.47 Å². The van der Waals surface area contributed by atoms with E-state index in [2.05, 4.69) is 26.1 Å². The van der Waals surface area contributed by atoms with E-state index in [1.165, 1.54) is 6.92 Å². The fourth-order valence-corrected chi connectivity index (χ4v) is 1.75. The van der Waals surface area contributed by atoms with Gasteiger partial charge < -0.3 is 4.52 Å². The van der Waals surface area contributed by atoms with Crippen LogP contribution in [0.4, 0.5) is 0 Å². The summed E-state index contributed by atoms with van der Waals surface area (Å²) < 4.78 is 5.97. The molecular weight excluding hydrogens is 272 g/mol. The average Bonchev–Trinajstić information content (AvgIpc) is 2.66. The largest absolute Gasteiger partial charge is 0.334 e. The van der Waals surface area contributed by atoms with Gasteiger partial charge in [0.2, 0.25) is 0 Å². The van der Waals surface area contributed by atoms with Crippen LogP contribution in [0.1, 0.15) is 12.7 Å². The highest BCUT2D eigenvalue weighted by Gasteiger charge is 2.12. The Morgan fingerprint density at radius 2 is 2.19 bits per heavy atom. The van der Waals surface area contributed by atoms with E-state index in [0.29, 0.717) is 11.7 Å². The van der Waals surface area contributed by atoms with Crippen molar-refractivity contribution < 1.29 is 9.32 Å². The summed E-state index contributed by atoms with van der Waals surface area (Å²) in [6.07, 6.45) is 0.202. The number of ketones is 1. The van der Waals surface area contributed by atoms with Crippen molar-refractivity contribution in [2.75, 3.05) is 0 Å². The van der Waals surface area contributed by atoms with Crippen molar-refractivity contribution >= 4 is 21.7 Å². The molecule has 0 unspecified atom stereocenters. The van der Waals surface area contributed by atoms with Gasteiger partial charge in [-0.1, -0.05) is 17.3 Å². The molecule has 0 radical (unpaired) electrons. The van der Waals surface area contributed by atoms with Gasteiger partial charge in [0.25, 0.3) is 5.89 Å². The number of halogens is 1. The van der Waals surface area contributed by atoms with Crippen LogP contribution in [-0.2, 0) is 11.2 Å². The van der Waals surface area contributed by atoms with Gasteiger partial charge >= 0.3 is 0 Å². The van der Waals surface area contributed by atoms with E-state index in [0.717, 1.165) is 10.0 Å². The molecule has 0 fully saturated rings. The molecule has 0 saturated heterocycles. The van der Waals surface area contributed by atoms with Crippen molar-refractivity contribution in [3.63, 3.8) is 0 Å². The van der Waals surface area contributed by atoms with Gasteiger partial charge in [0.05, 0.1) is 12.0 Å². The number of rotatable bonds is 3. The average molecular weight is 281 g/mol. The molecule has 0 bridgehead atoms. The van der Waals surface area contributed by atoms with Crippen LogP contribution in [0.15, 0.2) is 33.3 Å². The minimum absolute atomic E-state index is 0.0134. The van der Waals surface area contributed by atoms with Gasteiger partial charge in [-0.15, -0.1) is 0 Å². The quantitative estimate of drug-likeness (QED) is 0.867. The van der Waals surface area contributed by atoms with E-state index in [9.17, 15) is 4.79 Å². The SMILES string of the molecule is CC(=O)Cc1noc(-c2ccccc2Br)n1. The third kappa shape index (κ3) is 2.36. The Bertz CT molecular complexity index is 522. The number of nitrogens with zero attached hydrogens (tertiary/aromatic N) is 2. The van der Waals surface area contributed by atoms with E-state index in [4.69, 9.17) is 4.52 Å². The molecule has 1 heterocycles. The minimum atomic E-state index is 0.0134. The fourth-order valence-electron chi connectivity index (χ4n) is 1.29. The lowest BCUT2D eigenvalue weighted by Gasteiger charge is -1.95. The lowest BCUT2D eigenvalue weighted by Crippen LogP contribution is -1.97. The van der Waals surface area contributed by atoms with E-state index in [1.54, 1.807) is 0 Å². The molecule has 0 saturated carbocycles. The number of hydrogen-bond acceptors (Lipinski definition) is 4. The summed E-state index contributed by atoms with van der Waals surface area (Å²) in [5.41, 5.74) is 0.824. The van der Waals surface area contributed by atoms with Crippen LogP contribution >= 0.6 is 15.9 Å². The predicted molar refractivity (Wildman–Crippen MR) is 61.8 cm³/mol.